The molecule has 0 fully saturated rings. The van der Waals surface area contributed by atoms with Crippen molar-refractivity contribution in [2.24, 2.45) is 0 Å². The molecule has 0 saturated carbocycles. The maximum atomic E-state index is 9.60. The van der Waals surface area contributed by atoms with Gasteiger partial charge in [-0.15, -0.1) is 0 Å². The fraction of sp³-hybridized carbons (Fsp3) is 0.875. The van der Waals surface area contributed by atoms with Crippen LogP contribution >= 0.6 is 0 Å². The van der Waals surface area contributed by atoms with E-state index in [0.29, 0.717) is 6.42 Å². The van der Waals surface area contributed by atoms with Crippen LogP contribution in [0.2, 0.25) is 0 Å². The number of hydrogen-bond donors (Lipinski definition) is 1. The molecule has 0 aromatic rings. The third-order valence-corrected chi connectivity index (χ3v) is 1.13. The first kappa shape index (κ1) is 13.9. The van der Waals surface area contributed by atoms with Crippen LogP contribution in [0.25, 0.3) is 0 Å². The molecule has 0 spiro atoms. The van der Waals surface area contributed by atoms with Crippen LogP contribution in [0.4, 0.5) is 0 Å². The highest BCUT2D eigenvalue weighted by molar-refractivity contribution is 5.66. The van der Waals surface area contributed by atoms with Gasteiger partial charge in [0.2, 0.25) is 0 Å². The lowest BCUT2D eigenvalue weighted by Crippen LogP contribution is -2.05. The van der Waals surface area contributed by atoms with Crippen molar-refractivity contribution in [2.75, 3.05) is 14.2 Å². The molecule has 0 aromatic heterocycles. The largest absolute Gasteiger partial charge is 0.481 e. The summed E-state index contributed by atoms with van der Waals surface area (Å²) in [5.74, 6) is -0.711. The zero-order valence-corrected chi connectivity index (χ0v) is 8.16. The molecule has 0 unspecified atom stereocenters. The van der Waals surface area contributed by atoms with Gasteiger partial charge in [-0.2, -0.15) is 0 Å². The highest BCUT2D eigenvalue weighted by Gasteiger charge is 1.88. The molecule has 0 atom stereocenters. The average Bonchev–Trinajstić information content (AvgIpc) is 2.04. The zero-order chi connectivity index (χ0) is 9.98. The molecule has 0 bridgehead atoms. The maximum Gasteiger partial charge on any atom is 0.303 e. The third-order valence-electron chi connectivity index (χ3n) is 1.13. The number of methoxy groups -OCH3 is 2. The molecule has 0 aliphatic heterocycles. The van der Waals surface area contributed by atoms with Crippen LogP contribution in [-0.2, 0) is 14.3 Å². The highest BCUT2D eigenvalue weighted by Crippen LogP contribution is 1.83. The fourth-order valence-corrected chi connectivity index (χ4v) is 0.310. The van der Waals surface area contributed by atoms with Crippen LogP contribution in [0.3, 0.4) is 0 Å². The number of carboxylic acids is 1. The molecule has 1 N–H and O–H groups in total. The minimum atomic E-state index is -0.711. The van der Waals surface area contributed by atoms with E-state index in [4.69, 9.17) is 5.11 Å². The second kappa shape index (κ2) is 10.4. The number of hydrogen-bond acceptors (Lipinski definition) is 3. The van der Waals surface area contributed by atoms with Crippen LogP contribution in [0, 0.1) is 0 Å². The summed E-state index contributed by atoms with van der Waals surface area (Å²) in [5.41, 5.74) is 0. The van der Waals surface area contributed by atoms with Gasteiger partial charge in [0.05, 0.1) is 0 Å². The summed E-state index contributed by atoms with van der Waals surface area (Å²) in [7, 11) is 3.21. The summed E-state index contributed by atoms with van der Waals surface area (Å²) in [6.07, 6.45) is 0.958. The summed E-state index contributed by atoms with van der Waals surface area (Å²) >= 11 is 0. The van der Waals surface area contributed by atoms with Crippen LogP contribution < -0.4 is 0 Å². The average molecular weight is 178 g/mol. The maximum absolute atomic E-state index is 9.60. The summed E-state index contributed by atoms with van der Waals surface area (Å²) in [4.78, 5) is 9.60. The Labute approximate surface area is 73.5 Å². The highest BCUT2D eigenvalue weighted by atomic mass is 16.7. The molecule has 0 aromatic carbocycles. The minimum Gasteiger partial charge on any atom is -0.481 e. The minimum absolute atomic E-state index is 0.0648. The zero-order valence-electron chi connectivity index (χ0n) is 8.16. The molecule has 0 heterocycles. The van der Waals surface area contributed by atoms with Crippen molar-refractivity contribution in [3.05, 3.63) is 0 Å². The molecule has 0 aliphatic rings. The lowest BCUT2D eigenvalue weighted by molar-refractivity contribution is -0.137. The Morgan fingerprint density at radius 1 is 1.42 bits per heavy atom. The first-order chi connectivity index (χ1) is 5.58. The van der Waals surface area contributed by atoms with Crippen molar-refractivity contribution >= 4 is 5.97 Å². The van der Waals surface area contributed by atoms with E-state index < -0.39 is 5.97 Å². The molecule has 0 amide bonds. The van der Waals surface area contributed by atoms with Gasteiger partial charge in [-0.05, 0) is 13.3 Å². The third kappa shape index (κ3) is 16.2. The van der Waals surface area contributed by atoms with Gasteiger partial charge >= 0.3 is 5.97 Å². The van der Waals surface area contributed by atoms with Gasteiger partial charge in [-0.25, -0.2) is 0 Å². The van der Waals surface area contributed by atoms with E-state index >= 15 is 0 Å². The van der Waals surface area contributed by atoms with E-state index in [9.17, 15) is 4.79 Å². The van der Waals surface area contributed by atoms with Crippen molar-refractivity contribution in [2.45, 2.75) is 33.0 Å². The predicted octanol–water partition coefficient (Wildman–Crippen LogP) is 1.50. The number of carboxylic acid groups (broad SMARTS) is 1. The lowest BCUT2D eigenvalue weighted by Gasteiger charge is -2.03. The predicted molar refractivity (Wildman–Crippen MR) is 46.0 cm³/mol. The Morgan fingerprint density at radius 2 is 1.83 bits per heavy atom. The monoisotopic (exact) mass is 178 g/mol. The Bertz CT molecular complexity index is 99.2. The summed E-state index contributed by atoms with van der Waals surface area (Å²) < 4.78 is 9.35. The van der Waals surface area contributed by atoms with Crippen LogP contribution in [0.15, 0.2) is 0 Å². The van der Waals surface area contributed by atoms with Crippen molar-refractivity contribution in [1.82, 2.24) is 0 Å². The summed E-state index contributed by atoms with van der Waals surface area (Å²) in [5, 5.41) is 7.91. The molecular weight excluding hydrogens is 160 g/mol. The summed E-state index contributed by atoms with van der Waals surface area (Å²) in [6.45, 7) is 3.67. The van der Waals surface area contributed by atoms with E-state index in [-0.39, 0.29) is 6.29 Å². The van der Waals surface area contributed by atoms with Gasteiger partial charge in [0.1, 0.15) is 0 Å². The van der Waals surface area contributed by atoms with Crippen LogP contribution in [-0.4, -0.2) is 31.6 Å². The topological polar surface area (TPSA) is 55.8 Å². The SMILES string of the molecule is CCCC(=O)O.COC(C)OC. The Hall–Kier alpha value is -0.610. The number of aliphatic carboxylic acids is 1. The van der Waals surface area contributed by atoms with E-state index in [2.05, 4.69) is 9.47 Å². The van der Waals surface area contributed by atoms with Crippen molar-refractivity contribution < 1.29 is 19.4 Å². The molecule has 4 heteroatoms. The van der Waals surface area contributed by atoms with Crippen molar-refractivity contribution in [3.63, 3.8) is 0 Å². The van der Waals surface area contributed by atoms with E-state index in [1.807, 2.05) is 13.8 Å². The lowest BCUT2D eigenvalue weighted by atomic mass is 10.4. The Balaban J connectivity index is 0. The first-order valence-corrected chi connectivity index (χ1v) is 3.85. The Kier molecular flexibility index (Phi) is 12.1. The van der Waals surface area contributed by atoms with Crippen LogP contribution in [0.5, 0.6) is 0 Å². The normalized spacial score (nSPS) is 9.08. The fourth-order valence-electron chi connectivity index (χ4n) is 0.310. The van der Waals surface area contributed by atoms with Crippen molar-refractivity contribution in [3.8, 4) is 0 Å². The van der Waals surface area contributed by atoms with Crippen LogP contribution in [0.1, 0.15) is 26.7 Å². The molecule has 74 valence electrons. The van der Waals surface area contributed by atoms with Gasteiger partial charge in [0.15, 0.2) is 6.29 Å². The quantitative estimate of drug-likeness (QED) is 0.663. The molecule has 12 heavy (non-hydrogen) atoms. The molecule has 0 aliphatic carbocycles. The van der Waals surface area contributed by atoms with E-state index in [1.165, 1.54) is 0 Å². The van der Waals surface area contributed by atoms with Gasteiger partial charge < -0.3 is 14.6 Å². The van der Waals surface area contributed by atoms with E-state index in [0.717, 1.165) is 6.42 Å². The van der Waals surface area contributed by atoms with Crippen molar-refractivity contribution in [1.29, 1.82) is 0 Å². The number of rotatable bonds is 4. The van der Waals surface area contributed by atoms with E-state index in [1.54, 1.807) is 14.2 Å². The van der Waals surface area contributed by atoms with Gasteiger partial charge in [0, 0.05) is 20.6 Å². The molecular formula is C8H18O4. The molecule has 0 radical (unpaired) electrons. The van der Waals surface area contributed by atoms with Gasteiger partial charge in [-0.3, -0.25) is 4.79 Å². The molecule has 4 nitrogen and oxygen atoms in total. The summed E-state index contributed by atoms with van der Waals surface area (Å²) in [6, 6.07) is 0. The second-order valence-electron chi connectivity index (χ2n) is 2.18. The standard InChI is InChI=1S/C4H10O2.C4H8O2/c1-4(5-2)6-3;1-2-3-4(5)6/h4H,1-3H3;2-3H2,1H3,(H,5,6). The number of carbonyl (C=O) groups is 1. The Morgan fingerprint density at radius 3 is 1.83 bits per heavy atom. The second-order valence-corrected chi connectivity index (χ2v) is 2.18. The molecule has 0 rings (SSSR count). The smallest absolute Gasteiger partial charge is 0.303 e. The number of ether oxygens (including phenoxy) is 2. The first-order valence-electron chi connectivity index (χ1n) is 3.85. The van der Waals surface area contributed by atoms with Gasteiger partial charge in [-0.1, -0.05) is 6.92 Å². The van der Waals surface area contributed by atoms with Gasteiger partial charge in [0.25, 0.3) is 0 Å². The molecule has 0 saturated heterocycles.